The quantitative estimate of drug-likeness (QED) is 0.494. The van der Waals surface area contributed by atoms with Gasteiger partial charge in [0.1, 0.15) is 0 Å². The minimum absolute atomic E-state index is 0.0471. The van der Waals surface area contributed by atoms with Crippen LogP contribution in [0.15, 0.2) is 47.3 Å². The molecule has 4 aromatic rings. The van der Waals surface area contributed by atoms with Crippen molar-refractivity contribution < 1.29 is 0 Å². The number of rotatable bonds is 0. The molecule has 0 aliphatic rings. The van der Waals surface area contributed by atoms with Crippen LogP contribution in [0.3, 0.4) is 0 Å². The van der Waals surface area contributed by atoms with Crippen molar-refractivity contribution in [2.45, 2.75) is 0 Å². The summed E-state index contributed by atoms with van der Waals surface area (Å²) < 4.78 is 2.52. The highest BCUT2D eigenvalue weighted by atomic mass is 35.5. The molecule has 2 aromatic carbocycles. The molecule has 4 rings (SSSR count). The second kappa shape index (κ2) is 3.79. The van der Waals surface area contributed by atoms with E-state index in [1.165, 1.54) is 11.3 Å². The van der Waals surface area contributed by atoms with E-state index in [9.17, 15) is 4.79 Å². The fourth-order valence-electron chi connectivity index (χ4n) is 2.24. The van der Waals surface area contributed by atoms with Crippen molar-refractivity contribution in [1.29, 1.82) is 0 Å². The van der Waals surface area contributed by atoms with Crippen LogP contribution in [-0.2, 0) is 0 Å². The molecule has 0 aliphatic carbocycles. The van der Waals surface area contributed by atoms with Gasteiger partial charge in [-0.3, -0.25) is 4.79 Å². The van der Waals surface area contributed by atoms with Crippen LogP contribution in [-0.4, -0.2) is 9.38 Å². The Morgan fingerprint density at radius 1 is 1.16 bits per heavy atom. The maximum absolute atomic E-state index is 12.6. The molecular formula is C14H7ClN2OS. The van der Waals surface area contributed by atoms with Crippen molar-refractivity contribution in [3.05, 3.63) is 57.8 Å². The molecule has 19 heavy (non-hydrogen) atoms. The van der Waals surface area contributed by atoms with Gasteiger partial charge in [0, 0.05) is 9.72 Å². The van der Waals surface area contributed by atoms with Gasteiger partial charge in [0.05, 0.1) is 16.4 Å². The Balaban J connectivity index is 2.34. The first-order valence-electron chi connectivity index (χ1n) is 5.73. The first kappa shape index (κ1) is 11.0. The third-order valence-electron chi connectivity index (χ3n) is 3.11. The highest BCUT2D eigenvalue weighted by Gasteiger charge is 2.11. The summed E-state index contributed by atoms with van der Waals surface area (Å²) in [7, 11) is 0. The van der Waals surface area contributed by atoms with Crippen LogP contribution in [0.25, 0.3) is 26.1 Å². The van der Waals surface area contributed by atoms with Gasteiger partial charge in [-0.1, -0.05) is 35.1 Å². The lowest BCUT2D eigenvalue weighted by molar-refractivity contribution is 1.20. The monoisotopic (exact) mass is 286 g/mol. The summed E-state index contributed by atoms with van der Waals surface area (Å²) in [4.78, 5) is 17.8. The largest absolute Gasteiger partial charge is 0.268 e. The maximum atomic E-state index is 12.6. The number of aromatic nitrogens is 2. The molecule has 0 unspecified atom stereocenters. The Morgan fingerprint density at radius 3 is 2.89 bits per heavy atom. The first-order valence-corrected chi connectivity index (χ1v) is 6.93. The van der Waals surface area contributed by atoms with Crippen molar-refractivity contribution in [1.82, 2.24) is 9.38 Å². The average Bonchev–Trinajstić information content (AvgIpc) is 2.76. The summed E-state index contributed by atoms with van der Waals surface area (Å²) in [6.07, 6.45) is 0. The Hall–Kier alpha value is -1.91. The number of imidazole rings is 1. The molecule has 0 saturated heterocycles. The second-order valence-corrected chi connectivity index (χ2v) is 5.71. The Morgan fingerprint density at radius 2 is 2.00 bits per heavy atom. The van der Waals surface area contributed by atoms with E-state index in [0.29, 0.717) is 15.4 Å². The van der Waals surface area contributed by atoms with Gasteiger partial charge >= 0.3 is 0 Å². The number of para-hydroxylation sites is 2. The molecule has 0 amide bonds. The van der Waals surface area contributed by atoms with E-state index in [2.05, 4.69) is 4.98 Å². The molecule has 2 heterocycles. The molecule has 0 saturated carbocycles. The van der Waals surface area contributed by atoms with Crippen molar-refractivity contribution in [3.8, 4) is 0 Å². The molecule has 92 valence electrons. The predicted molar refractivity (Wildman–Crippen MR) is 79.4 cm³/mol. The molecule has 0 aliphatic heterocycles. The van der Waals surface area contributed by atoms with Gasteiger partial charge in [-0.25, -0.2) is 9.38 Å². The van der Waals surface area contributed by atoms with Gasteiger partial charge < -0.3 is 0 Å². The average molecular weight is 287 g/mol. The number of hydrogen-bond acceptors (Lipinski definition) is 3. The van der Waals surface area contributed by atoms with E-state index in [1.54, 1.807) is 16.5 Å². The number of fused-ring (bicyclic) bond motifs is 4. The second-order valence-electron chi connectivity index (χ2n) is 4.27. The Bertz CT molecular complexity index is 1000. The number of halogens is 1. The standard InChI is InChI=1S/C14H7ClN2OS/c15-8-5-6-9-12(7-8)19-14-16-10-3-1-2-4-11(10)17(14)13(9)18/h1-7H. The van der Waals surface area contributed by atoms with E-state index in [-0.39, 0.29) is 5.56 Å². The normalized spacial score (nSPS) is 11.6. The van der Waals surface area contributed by atoms with E-state index in [1.807, 2.05) is 30.3 Å². The molecular weight excluding hydrogens is 280 g/mol. The van der Waals surface area contributed by atoms with Crippen molar-refractivity contribution in [2.24, 2.45) is 0 Å². The molecule has 0 radical (unpaired) electrons. The molecule has 0 spiro atoms. The molecule has 0 atom stereocenters. The lowest BCUT2D eigenvalue weighted by Crippen LogP contribution is -2.11. The van der Waals surface area contributed by atoms with Gasteiger partial charge in [-0.2, -0.15) is 0 Å². The zero-order valence-electron chi connectivity index (χ0n) is 9.63. The summed E-state index contributed by atoms with van der Waals surface area (Å²) in [5.74, 6) is 0. The van der Waals surface area contributed by atoms with E-state index >= 15 is 0 Å². The lowest BCUT2D eigenvalue weighted by Gasteiger charge is -1.99. The van der Waals surface area contributed by atoms with Crippen LogP contribution in [0.1, 0.15) is 0 Å². The van der Waals surface area contributed by atoms with Gasteiger partial charge in [0.25, 0.3) is 5.56 Å². The fraction of sp³-hybridized carbons (Fsp3) is 0. The van der Waals surface area contributed by atoms with Crippen LogP contribution >= 0.6 is 22.9 Å². The van der Waals surface area contributed by atoms with E-state index in [0.717, 1.165) is 15.7 Å². The van der Waals surface area contributed by atoms with Crippen LogP contribution in [0.2, 0.25) is 5.02 Å². The number of nitrogens with zero attached hydrogens (tertiary/aromatic N) is 2. The van der Waals surface area contributed by atoms with Crippen molar-refractivity contribution in [2.75, 3.05) is 0 Å². The van der Waals surface area contributed by atoms with Gasteiger partial charge in [0.2, 0.25) is 0 Å². The molecule has 2 aromatic heterocycles. The highest BCUT2D eigenvalue weighted by molar-refractivity contribution is 7.23. The zero-order chi connectivity index (χ0) is 13.0. The summed E-state index contributed by atoms with van der Waals surface area (Å²) in [6.45, 7) is 0. The first-order chi connectivity index (χ1) is 9.24. The van der Waals surface area contributed by atoms with Crippen LogP contribution in [0.4, 0.5) is 0 Å². The fourth-order valence-corrected chi connectivity index (χ4v) is 3.55. The van der Waals surface area contributed by atoms with Crippen LogP contribution in [0, 0.1) is 0 Å². The zero-order valence-corrected chi connectivity index (χ0v) is 11.2. The maximum Gasteiger partial charge on any atom is 0.266 e. The summed E-state index contributed by atoms with van der Waals surface area (Å²) in [6, 6.07) is 13.0. The topological polar surface area (TPSA) is 34.4 Å². The molecule has 5 heteroatoms. The van der Waals surface area contributed by atoms with Crippen LogP contribution < -0.4 is 5.56 Å². The van der Waals surface area contributed by atoms with Gasteiger partial charge in [-0.05, 0) is 30.3 Å². The summed E-state index contributed by atoms with van der Waals surface area (Å²) >= 11 is 7.45. The Labute approximate surface area is 116 Å². The molecule has 0 fully saturated rings. The smallest absolute Gasteiger partial charge is 0.266 e. The molecule has 0 N–H and O–H groups in total. The predicted octanol–water partition coefficient (Wildman–Crippen LogP) is 3.72. The highest BCUT2D eigenvalue weighted by Crippen LogP contribution is 2.25. The van der Waals surface area contributed by atoms with Crippen molar-refractivity contribution in [3.63, 3.8) is 0 Å². The molecule has 3 nitrogen and oxygen atoms in total. The lowest BCUT2D eigenvalue weighted by atomic mass is 10.3. The molecule has 0 bridgehead atoms. The van der Waals surface area contributed by atoms with Crippen LogP contribution in [0.5, 0.6) is 0 Å². The van der Waals surface area contributed by atoms with E-state index < -0.39 is 0 Å². The summed E-state index contributed by atoms with van der Waals surface area (Å²) in [5.41, 5.74) is 1.63. The summed E-state index contributed by atoms with van der Waals surface area (Å²) in [5, 5.41) is 1.30. The SMILES string of the molecule is O=c1c2ccc(Cl)cc2sc2nc3ccccc3n12. The van der Waals surface area contributed by atoms with Gasteiger partial charge in [-0.15, -0.1) is 0 Å². The van der Waals surface area contributed by atoms with Crippen molar-refractivity contribution >= 4 is 49.0 Å². The van der Waals surface area contributed by atoms with E-state index in [4.69, 9.17) is 11.6 Å². The third kappa shape index (κ3) is 1.50. The minimum atomic E-state index is -0.0471. The number of benzene rings is 2. The van der Waals surface area contributed by atoms with Gasteiger partial charge in [0.15, 0.2) is 4.96 Å². The third-order valence-corrected chi connectivity index (χ3v) is 4.36. The minimum Gasteiger partial charge on any atom is -0.268 e. The Kier molecular flexibility index (Phi) is 2.19. The number of hydrogen-bond donors (Lipinski definition) is 0.